The Kier molecular flexibility index (Phi) is 4.98. The minimum Gasteiger partial charge on any atom is -0.366 e. The molecule has 0 bridgehead atoms. The van der Waals surface area contributed by atoms with Crippen molar-refractivity contribution in [3.8, 4) is 0 Å². The van der Waals surface area contributed by atoms with Gasteiger partial charge < -0.3 is 10.2 Å². The van der Waals surface area contributed by atoms with Crippen LogP contribution in [-0.2, 0) is 4.79 Å². The molecule has 0 radical (unpaired) electrons. The summed E-state index contributed by atoms with van der Waals surface area (Å²) in [6.07, 6.45) is 0. The molecule has 2 aromatic rings. The fourth-order valence-corrected chi connectivity index (χ4v) is 3.12. The second-order valence-corrected chi connectivity index (χ2v) is 6.22. The molecule has 8 heteroatoms. The predicted molar refractivity (Wildman–Crippen MR) is 91.7 cm³/mol. The molecular weight excluding hydrogens is 328 g/mol. The van der Waals surface area contributed by atoms with Crippen LogP contribution in [0.25, 0.3) is 0 Å². The average Bonchev–Trinajstić information content (AvgIpc) is 2.90. The summed E-state index contributed by atoms with van der Waals surface area (Å²) < 4.78 is 26.5. The molecule has 134 valence electrons. The molecule has 0 saturated carbocycles. The molecule has 1 aliphatic rings. The van der Waals surface area contributed by atoms with Gasteiger partial charge in [-0.15, -0.1) is 0 Å². The van der Waals surface area contributed by atoms with Gasteiger partial charge >= 0.3 is 0 Å². The molecule has 2 N–H and O–H groups in total. The van der Waals surface area contributed by atoms with Gasteiger partial charge in [0.1, 0.15) is 11.6 Å². The van der Waals surface area contributed by atoms with E-state index in [1.165, 1.54) is 6.07 Å². The maximum absolute atomic E-state index is 13.6. The van der Waals surface area contributed by atoms with Crippen molar-refractivity contribution in [3.63, 3.8) is 0 Å². The molecule has 2 heterocycles. The zero-order valence-corrected chi connectivity index (χ0v) is 14.3. The number of aromatic amines is 1. The Morgan fingerprint density at radius 3 is 2.56 bits per heavy atom. The first-order chi connectivity index (χ1) is 11.9. The van der Waals surface area contributed by atoms with E-state index < -0.39 is 11.6 Å². The van der Waals surface area contributed by atoms with Crippen LogP contribution >= 0.6 is 0 Å². The van der Waals surface area contributed by atoms with Crippen LogP contribution < -0.4 is 10.2 Å². The van der Waals surface area contributed by atoms with E-state index in [9.17, 15) is 13.6 Å². The predicted octanol–water partition coefficient (Wildman–Crippen LogP) is 2.07. The molecule has 1 saturated heterocycles. The van der Waals surface area contributed by atoms with E-state index in [2.05, 4.69) is 20.4 Å². The Hall–Kier alpha value is -2.48. The number of anilines is 2. The van der Waals surface area contributed by atoms with Crippen LogP contribution in [-0.4, -0.2) is 53.7 Å². The second-order valence-electron chi connectivity index (χ2n) is 6.22. The Bertz CT molecular complexity index is 749. The zero-order chi connectivity index (χ0) is 18.0. The van der Waals surface area contributed by atoms with E-state index in [0.717, 1.165) is 55.4 Å². The Labute approximate surface area is 144 Å². The lowest BCUT2D eigenvalue weighted by atomic mass is 10.2. The lowest BCUT2D eigenvalue weighted by Crippen LogP contribution is -2.49. The summed E-state index contributed by atoms with van der Waals surface area (Å²) in [5, 5.41) is 9.69. The molecule has 1 aromatic carbocycles. The normalized spacial score (nSPS) is 15.4. The summed E-state index contributed by atoms with van der Waals surface area (Å²) >= 11 is 0. The highest BCUT2D eigenvalue weighted by Gasteiger charge is 2.22. The molecule has 3 rings (SSSR count). The fraction of sp³-hybridized carbons (Fsp3) is 0.412. The van der Waals surface area contributed by atoms with Crippen molar-refractivity contribution in [1.82, 2.24) is 15.1 Å². The Morgan fingerprint density at radius 1 is 1.24 bits per heavy atom. The van der Waals surface area contributed by atoms with Crippen molar-refractivity contribution in [1.29, 1.82) is 0 Å². The molecule has 0 spiro atoms. The van der Waals surface area contributed by atoms with Gasteiger partial charge in [0, 0.05) is 32.2 Å². The highest BCUT2D eigenvalue weighted by Crippen LogP contribution is 2.23. The molecule has 1 aromatic heterocycles. The number of piperazine rings is 1. The van der Waals surface area contributed by atoms with Crippen LogP contribution in [0.2, 0.25) is 0 Å². The lowest BCUT2D eigenvalue weighted by molar-refractivity contribution is -0.117. The minimum atomic E-state index is -0.774. The van der Waals surface area contributed by atoms with Gasteiger partial charge in [-0.25, -0.2) is 8.78 Å². The Morgan fingerprint density at radius 2 is 1.96 bits per heavy atom. The first-order valence-corrected chi connectivity index (χ1v) is 8.18. The van der Waals surface area contributed by atoms with E-state index in [1.807, 2.05) is 18.7 Å². The third-order valence-corrected chi connectivity index (χ3v) is 4.35. The van der Waals surface area contributed by atoms with Crippen molar-refractivity contribution in [2.75, 3.05) is 42.9 Å². The lowest BCUT2D eigenvalue weighted by Gasteiger charge is -2.35. The minimum absolute atomic E-state index is 0.00492. The number of carbonyl (C=O) groups excluding carboxylic acids is 1. The summed E-state index contributed by atoms with van der Waals surface area (Å²) in [5.74, 6) is -1.75. The standard InChI is InChI=1S/C17H21F2N5O/c1-11-17(12(2)22-21-11)24-7-5-23(6-8-24)10-16(25)20-15-4-3-13(18)9-14(15)19/h3-4,9H,5-8,10H2,1-2H3,(H,20,25)(H,21,22). The number of rotatable bonds is 4. The monoisotopic (exact) mass is 349 g/mol. The van der Waals surface area contributed by atoms with Gasteiger partial charge in [0.05, 0.1) is 29.3 Å². The van der Waals surface area contributed by atoms with E-state index in [-0.39, 0.29) is 18.1 Å². The number of hydrogen-bond acceptors (Lipinski definition) is 4. The van der Waals surface area contributed by atoms with E-state index in [1.54, 1.807) is 0 Å². The van der Waals surface area contributed by atoms with Crippen LogP contribution in [0.15, 0.2) is 18.2 Å². The van der Waals surface area contributed by atoms with Gasteiger partial charge in [-0.05, 0) is 26.0 Å². The average molecular weight is 349 g/mol. The molecule has 0 aliphatic carbocycles. The van der Waals surface area contributed by atoms with Crippen molar-refractivity contribution in [2.24, 2.45) is 0 Å². The number of aromatic nitrogens is 2. The summed E-state index contributed by atoms with van der Waals surface area (Å²) in [7, 11) is 0. The zero-order valence-electron chi connectivity index (χ0n) is 14.3. The molecule has 1 aliphatic heterocycles. The van der Waals surface area contributed by atoms with Crippen LogP contribution in [0.5, 0.6) is 0 Å². The number of amides is 1. The van der Waals surface area contributed by atoms with Gasteiger partial charge in [-0.3, -0.25) is 14.8 Å². The van der Waals surface area contributed by atoms with Gasteiger partial charge in [-0.1, -0.05) is 0 Å². The number of carbonyl (C=O) groups is 1. The molecular formula is C17H21F2N5O. The van der Waals surface area contributed by atoms with E-state index in [4.69, 9.17) is 0 Å². The molecule has 6 nitrogen and oxygen atoms in total. The maximum Gasteiger partial charge on any atom is 0.238 e. The third-order valence-electron chi connectivity index (χ3n) is 4.35. The summed E-state index contributed by atoms with van der Waals surface area (Å²) in [6.45, 7) is 7.17. The van der Waals surface area contributed by atoms with Crippen LogP contribution in [0.1, 0.15) is 11.4 Å². The molecule has 1 fully saturated rings. The third kappa shape index (κ3) is 3.96. The summed E-state index contributed by atoms with van der Waals surface area (Å²) in [6, 6.07) is 3.10. The number of H-pyrrole nitrogens is 1. The number of nitrogens with one attached hydrogen (secondary N) is 2. The van der Waals surface area contributed by atoms with E-state index in [0.29, 0.717) is 0 Å². The maximum atomic E-state index is 13.6. The van der Waals surface area contributed by atoms with Crippen molar-refractivity contribution in [2.45, 2.75) is 13.8 Å². The topological polar surface area (TPSA) is 64.3 Å². The van der Waals surface area contributed by atoms with Crippen LogP contribution in [0.3, 0.4) is 0 Å². The highest BCUT2D eigenvalue weighted by molar-refractivity contribution is 5.92. The van der Waals surface area contributed by atoms with Gasteiger partial charge in [0.15, 0.2) is 0 Å². The largest absolute Gasteiger partial charge is 0.366 e. The summed E-state index contributed by atoms with van der Waals surface area (Å²) in [5.41, 5.74) is 3.12. The molecule has 1 amide bonds. The number of benzene rings is 1. The Balaban J connectivity index is 1.53. The molecule has 0 unspecified atom stereocenters. The first-order valence-electron chi connectivity index (χ1n) is 8.18. The number of aryl methyl sites for hydroxylation is 2. The first kappa shape index (κ1) is 17.3. The molecule has 0 atom stereocenters. The van der Waals surface area contributed by atoms with Gasteiger partial charge in [0.2, 0.25) is 5.91 Å². The van der Waals surface area contributed by atoms with Crippen molar-refractivity contribution < 1.29 is 13.6 Å². The number of halogens is 2. The fourth-order valence-electron chi connectivity index (χ4n) is 3.12. The number of nitrogens with zero attached hydrogens (tertiary/aromatic N) is 3. The van der Waals surface area contributed by atoms with Gasteiger partial charge in [0.25, 0.3) is 0 Å². The van der Waals surface area contributed by atoms with Gasteiger partial charge in [-0.2, -0.15) is 5.10 Å². The smallest absolute Gasteiger partial charge is 0.238 e. The second kappa shape index (κ2) is 7.18. The molecule has 25 heavy (non-hydrogen) atoms. The van der Waals surface area contributed by atoms with Crippen LogP contribution in [0.4, 0.5) is 20.2 Å². The quantitative estimate of drug-likeness (QED) is 0.887. The number of hydrogen-bond donors (Lipinski definition) is 2. The van der Waals surface area contributed by atoms with Crippen LogP contribution in [0, 0.1) is 25.5 Å². The summed E-state index contributed by atoms with van der Waals surface area (Å²) in [4.78, 5) is 16.4. The van der Waals surface area contributed by atoms with Crippen molar-refractivity contribution >= 4 is 17.3 Å². The SMILES string of the molecule is Cc1n[nH]c(C)c1N1CCN(CC(=O)Nc2ccc(F)cc2F)CC1. The highest BCUT2D eigenvalue weighted by atomic mass is 19.1. The van der Waals surface area contributed by atoms with Crippen molar-refractivity contribution in [3.05, 3.63) is 41.2 Å². The van der Waals surface area contributed by atoms with E-state index >= 15 is 0 Å².